The zero-order valence-corrected chi connectivity index (χ0v) is 11.6. The fraction of sp³-hybridized carbons (Fsp3) is 0.667. The van der Waals surface area contributed by atoms with E-state index in [-0.39, 0.29) is 6.54 Å². The van der Waals surface area contributed by atoms with Crippen LogP contribution in [0.3, 0.4) is 0 Å². The molecule has 0 aliphatic heterocycles. The Morgan fingerprint density at radius 1 is 1.11 bits per heavy atom. The van der Waals surface area contributed by atoms with Crippen LogP contribution in [0.2, 0.25) is 0 Å². The Kier molecular flexibility index (Phi) is 10.5. The summed E-state index contributed by atoms with van der Waals surface area (Å²) in [5, 5.41) is 4.59. The molecule has 0 aromatic carbocycles. The van der Waals surface area contributed by atoms with Crippen molar-refractivity contribution in [3.8, 4) is 0 Å². The van der Waals surface area contributed by atoms with Gasteiger partial charge >= 0.3 is 6.03 Å². The minimum absolute atomic E-state index is 0.163. The van der Waals surface area contributed by atoms with E-state index < -0.39 is 18.2 Å². The molecule has 7 nitrogen and oxygen atoms in total. The van der Waals surface area contributed by atoms with Crippen molar-refractivity contribution in [2.45, 2.75) is 27.1 Å². The van der Waals surface area contributed by atoms with Crippen LogP contribution in [0.1, 0.15) is 20.8 Å². The molecule has 0 aliphatic rings. The second kappa shape index (κ2) is 11.5. The van der Waals surface area contributed by atoms with Gasteiger partial charge in [0, 0.05) is 19.3 Å². The fourth-order valence-electron chi connectivity index (χ4n) is 1.12. The molecule has 0 fully saturated rings. The fourth-order valence-corrected chi connectivity index (χ4v) is 1.12. The van der Waals surface area contributed by atoms with Gasteiger partial charge in [0.15, 0.2) is 6.29 Å². The van der Waals surface area contributed by atoms with Crippen molar-refractivity contribution in [3.05, 3.63) is 12.3 Å². The Labute approximate surface area is 113 Å². The van der Waals surface area contributed by atoms with E-state index in [1.807, 2.05) is 13.8 Å². The first kappa shape index (κ1) is 17.4. The van der Waals surface area contributed by atoms with Crippen LogP contribution in [0.15, 0.2) is 12.3 Å². The molecule has 0 rings (SSSR count). The number of hydrogen-bond donors (Lipinski definition) is 2. The van der Waals surface area contributed by atoms with E-state index >= 15 is 0 Å². The molecular weight excluding hydrogens is 252 g/mol. The zero-order valence-electron chi connectivity index (χ0n) is 11.6. The second-order valence-electron chi connectivity index (χ2n) is 3.30. The SMILES string of the molecule is CCO/C=C\C(=O)NC(=O)NCC(OCC)OCC. The maximum atomic E-state index is 11.4. The Morgan fingerprint density at radius 2 is 1.74 bits per heavy atom. The average Bonchev–Trinajstić information content (AvgIpc) is 2.37. The molecule has 0 saturated heterocycles. The second-order valence-corrected chi connectivity index (χ2v) is 3.30. The first-order chi connectivity index (χ1) is 9.13. The molecule has 0 unspecified atom stereocenters. The summed E-state index contributed by atoms with van der Waals surface area (Å²) in [7, 11) is 0. The van der Waals surface area contributed by atoms with Gasteiger partial charge in [0.05, 0.1) is 19.4 Å². The minimum atomic E-state index is -0.615. The highest BCUT2D eigenvalue weighted by molar-refractivity contribution is 6.00. The van der Waals surface area contributed by atoms with Gasteiger partial charge in [0.2, 0.25) is 0 Å². The number of amides is 3. The van der Waals surface area contributed by atoms with Crippen LogP contribution in [0.25, 0.3) is 0 Å². The number of carbonyl (C=O) groups excluding carboxylic acids is 2. The standard InChI is InChI=1S/C12H22N2O5/c1-4-17-8-7-10(15)14-12(16)13-9-11(18-5-2)19-6-3/h7-8,11H,4-6,9H2,1-3H3,(H2,13,14,15,16)/b8-7-. The number of hydrogen-bond acceptors (Lipinski definition) is 5. The normalized spacial score (nSPS) is 10.7. The third kappa shape index (κ3) is 10.0. The van der Waals surface area contributed by atoms with Gasteiger partial charge in [0.25, 0.3) is 5.91 Å². The maximum Gasteiger partial charge on any atom is 0.321 e. The first-order valence-electron chi connectivity index (χ1n) is 6.24. The Morgan fingerprint density at radius 3 is 2.26 bits per heavy atom. The summed E-state index contributed by atoms with van der Waals surface area (Å²) in [6.07, 6.45) is 1.84. The average molecular weight is 274 g/mol. The van der Waals surface area contributed by atoms with Gasteiger partial charge in [0.1, 0.15) is 0 Å². The minimum Gasteiger partial charge on any atom is -0.501 e. The van der Waals surface area contributed by atoms with E-state index in [0.717, 1.165) is 6.08 Å². The van der Waals surface area contributed by atoms with E-state index in [1.165, 1.54) is 6.26 Å². The lowest BCUT2D eigenvalue weighted by atomic mass is 10.5. The highest BCUT2D eigenvalue weighted by Gasteiger charge is 2.10. The third-order valence-electron chi connectivity index (χ3n) is 1.85. The quantitative estimate of drug-likeness (QED) is 0.368. The van der Waals surface area contributed by atoms with E-state index in [0.29, 0.717) is 19.8 Å². The molecular formula is C12H22N2O5. The Bertz CT molecular complexity index is 288. The van der Waals surface area contributed by atoms with Crippen molar-refractivity contribution in [1.29, 1.82) is 0 Å². The lowest BCUT2D eigenvalue weighted by Gasteiger charge is -2.17. The van der Waals surface area contributed by atoms with Crippen molar-refractivity contribution in [2.75, 3.05) is 26.4 Å². The molecule has 2 N–H and O–H groups in total. The molecule has 0 aromatic rings. The van der Waals surface area contributed by atoms with E-state index in [1.54, 1.807) is 6.92 Å². The lowest BCUT2D eigenvalue weighted by molar-refractivity contribution is -0.131. The number of carbonyl (C=O) groups is 2. The number of imide groups is 1. The van der Waals surface area contributed by atoms with Gasteiger partial charge < -0.3 is 19.5 Å². The predicted molar refractivity (Wildman–Crippen MR) is 69.3 cm³/mol. The van der Waals surface area contributed by atoms with Gasteiger partial charge in [-0.05, 0) is 20.8 Å². The summed E-state index contributed by atoms with van der Waals surface area (Å²) in [6, 6.07) is -0.615. The summed E-state index contributed by atoms with van der Waals surface area (Å²) in [6.45, 7) is 7.02. The molecule has 7 heteroatoms. The van der Waals surface area contributed by atoms with Crippen LogP contribution in [0, 0.1) is 0 Å². The van der Waals surface area contributed by atoms with Crippen LogP contribution in [-0.2, 0) is 19.0 Å². The largest absolute Gasteiger partial charge is 0.501 e. The highest BCUT2D eigenvalue weighted by Crippen LogP contribution is 1.93. The molecule has 0 heterocycles. The van der Waals surface area contributed by atoms with Crippen LogP contribution in [0.4, 0.5) is 4.79 Å². The Balaban J connectivity index is 3.92. The molecule has 0 aliphatic carbocycles. The first-order valence-corrected chi connectivity index (χ1v) is 6.24. The summed E-state index contributed by atoms with van der Waals surface area (Å²) in [4.78, 5) is 22.6. The van der Waals surface area contributed by atoms with Crippen molar-refractivity contribution in [2.24, 2.45) is 0 Å². The van der Waals surface area contributed by atoms with E-state index in [9.17, 15) is 9.59 Å². The van der Waals surface area contributed by atoms with Crippen molar-refractivity contribution >= 4 is 11.9 Å². The number of urea groups is 1. The summed E-state index contributed by atoms with van der Waals surface area (Å²) in [5.41, 5.74) is 0. The van der Waals surface area contributed by atoms with Gasteiger partial charge in [-0.1, -0.05) is 0 Å². The molecule has 3 amide bonds. The van der Waals surface area contributed by atoms with Crippen molar-refractivity contribution in [3.63, 3.8) is 0 Å². The van der Waals surface area contributed by atoms with E-state index in [4.69, 9.17) is 14.2 Å². The van der Waals surface area contributed by atoms with Crippen LogP contribution in [0.5, 0.6) is 0 Å². The van der Waals surface area contributed by atoms with E-state index in [2.05, 4.69) is 10.6 Å². The highest BCUT2D eigenvalue weighted by atomic mass is 16.7. The topological polar surface area (TPSA) is 85.9 Å². The monoisotopic (exact) mass is 274 g/mol. The molecule has 0 spiro atoms. The van der Waals surface area contributed by atoms with Crippen LogP contribution in [-0.4, -0.2) is 44.6 Å². The number of rotatable bonds is 9. The molecule has 110 valence electrons. The van der Waals surface area contributed by atoms with Crippen LogP contribution >= 0.6 is 0 Å². The van der Waals surface area contributed by atoms with Crippen molar-refractivity contribution < 1.29 is 23.8 Å². The molecule has 19 heavy (non-hydrogen) atoms. The molecule has 0 saturated carbocycles. The van der Waals surface area contributed by atoms with Gasteiger partial charge in [-0.2, -0.15) is 0 Å². The van der Waals surface area contributed by atoms with Gasteiger partial charge in [-0.25, -0.2) is 4.79 Å². The number of ether oxygens (including phenoxy) is 3. The zero-order chi connectivity index (χ0) is 14.5. The van der Waals surface area contributed by atoms with Gasteiger partial charge in [-0.3, -0.25) is 10.1 Å². The van der Waals surface area contributed by atoms with Crippen molar-refractivity contribution in [1.82, 2.24) is 10.6 Å². The number of nitrogens with one attached hydrogen (secondary N) is 2. The predicted octanol–water partition coefficient (Wildman–Crippen LogP) is 0.762. The molecule has 0 bridgehead atoms. The summed E-state index contributed by atoms with van der Waals surface area (Å²) < 4.78 is 15.3. The smallest absolute Gasteiger partial charge is 0.321 e. The van der Waals surface area contributed by atoms with Crippen LogP contribution < -0.4 is 10.6 Å². The molecule has 0 atom stereocenters. The maximum absolute atomic E-state index is 11.4. The van der Waals surface area contributed by atoms with Gasteiger partial charge in [-0.15, -0.1) is 0 Å². The summed E-state index contributed by atoms with van der Waals surface area (Å²) >= 11 is 0. The molecule has 0 aromatic heterocycles. The lowest BCUT2D eigenvalue weighted by Crippen LogP contribution is -2.43. The molecule has 0 radical (unpaired) electrons. The third-order valence-corrected chi connectivity index (χ3v) is 1.85. The Hall–Kier alpha value is -1.60. The summed E-state index contributed by atoms with van der Waals surface area (Å²) in [5.74, 6) is -0.560.